The Balaban J connectivity index is 1.18. The minimum atomic E-state index is 0.868. The Morgan fingerprint density at radius 1 is 0.333 bits per heavy atom. The third kappa shape index (κ3) is 5.62. The molecule has 10 aromatic rings. The van der Waals surface area contributed by atoms with E-state index in [0.717, 1.165) is 61.3 Å². The average Bonchev–Trinajstić information content (AvgIpc) is 3.65. The van der Waals surface area contributed by atoms with Crippen molar-refractivity contribution in [2.75, 3.05) is 4.90 Å². The molecule has 0 amide bonds. The van der Waals surface area contributed by atoms with Crippen molar-refractivity contribution in [2.24, 2.45) is 0 Å². The number of anilines is 3. The highest BCUT2D eigenvalue weighted by atomic mass is 16.3. The van der Waals surface area contributed by atoms with Crippen molar-refractivity contribution >= 4 is 49.8 Å². The zero-order chi connectivity index (χ0) is 35.8. The lowest BCUT2D eigenvalue weighted by Gasteiger charge is -2.29. The number of para-hydroxylation sites is 2. The number of benzene rings is 9. The normalized spacial score (nSPS) is 11.3. The third-order valence-electron chi connectivity index (χ3n) is 10.5. The molecule has 0 radical (unpaired) electrons. The van der Waals surface area contributed by atoms with Crippen LogP contribution in [0.1, 0.15) is 0 Å². The van der Waals surface area contributed by atoms with Crippen LogP contribution in [-0.2, 0) is 0 Å². The van der Waals surface area contributed by atoms with Crippen LogP contribution in [0, 0.1) is 0 Å². The predicted molar refractivity (Wildman–Crippen MR) is 228 cm³/mol. The van der Waals surface area contributed by atoms with Gasteiger partial charge in [-0.15, -0.1) is 0 Å². The summed E-state index contributed by atoms with van der Waals surface area (Å²) in [4.78, 5) is 2.40. The van der Waals surface area contributed by atoms with Gasteiger partial charge in [-0.2, -0.15) is 0 Å². The number of nitrogens with zero attached hydrogens (tertiary/aromatic N) is 1. The molecular formula is C52H35NO. The molecule has 0 aliphatic heterocycles. The van der Waals surface area contributed by atoms with Crippen molar-refractivity contribution < 1.29 is 4.42 Å². The summed E-state index contributed by atoms with van der Waals surface area (Å²) in [6.07, 6.45) is 0. The van der Waals surface area contributed by atoms with Gasteiger partial charge in [0, 0.05) is 22.2 Å². The lowest BCUT2D eigenvalue weighted by Crippen LogP contribution is -2.11. The topological polar surface area (TPSA) is 16.4 Å². The summed E-state index contributed by atoms with van der Waals surface area (Å²) in [5, 5.41) is 4.59. The van der Waals surface area contributed by atoms with Crippen LogP contribution >= 0.6 is 0 Å². The second-order valence-electron chi connectivity index (χ2n) is 13.7. The van der Waals surface area contributed by atoms with Gasteiger partial charge in [-0.1, -0.05) is 164 Å². The number of hydrogen-bond donors (Lipinski definition) is 0. The molecule has 1 aromatic heterocycles. The highest BCUT2D eigenvalue weighted by molar-refractivity contribution is 6.17. The highest BCUT2D eigenvalue weighted by Gasteiger charge is 2.24. The molecule has 2 heteroatoms. The lowest BCUT2D eigenvalue weighted by atomic mass is 9.96. The van der Waals surface area contributed by atoms with Gasteiger partial charge < -0.3 is 9.32 Å². The van der Waals surface area contributed by atoms with E-state index in [0.29, 0.717) is 0 Å². The van der Waals surface area contributed by atoms with Gasteiger partial charge in [0.2, 0.25) is 0 Å². The molecule has 254 valence electrons. The summed E-state index contributed by atoms with van der Waals surface area (Å²) in [5.74, 6) is 0. The molecule has 0 atom stereocenters. The molecule has 0 unspecified atom stereocenters. The Kier molecular flexibility index (Phi) is 7.85. The Morgan fingerprint density at radius 3 is 1.74 bits per heavy atom. The van der Waals surface area contributed by atoms with E-state index in [1.54, 1.807) is 0 Å². The summed E-state index contributed by atoms with van der Waals surface area (Å²) < 4.78 is 6.83. The SMILES string of the molecule is c1ccc(-c2cccc(-c3ccc(N(c4ccccc4-c4ccccc4)c4ccc(-c5ccc6ccccc6c5)c5oc6ccccc6c45)cc3)c2)cc1. The van der Waals surface area contributed by atoms with Crippen LogP contribution in [0.15, 0.2) is 217 Å². The van der Waals surface area contributed by atoms with E-state index in [2.05, 4.69) is 211 Å². The minimum Gasteiger partial charge on any atom is -0.455 e. The molecule has 54 heavy (non-hydrogen) atoms. The summed E-state index contributed by atoms with van der Waals surface area (Å²) in [7, 11) is 0. The lowest BCUT2D eigenvalue weighted by molar-refractivity contribution is 0.670. The summed E-state index contributed by atoms with van der Waals surface area (Å²) >= 11 is 0. The second-order valence-corrected chi connectivity index (χ2v) is 13.7. The van der Waals surface area contributed by atoms with Crippen LogP contribution in [0.5, 0.6) is 0 Å². The maximum Gasteiger partial charge on any atom is 0.145 e. The number of hydrogen-bond acceptors (Lipinski definition) is 2. The summed E-state index contributed by atoms with van der Waals surface area (Å²) in [6.45, 7) is 0. The van der Waals surface area contributed by atoms with Crippen molar-refractivity contribution in [3.8, 4) is 44.5 Å². The zero-order valence-corrected chi connectivity index (χ0v) is 29.6. The first kappa shape index (κ1) is 31.6. The Morgan fingerprint density at radius 2 is 0.944 bits per heavy atom. The quantitative estimate of drug-likeness (QED) is 0.166. The number of fused-ring (bicyclic) bond motifs is 4. The zero-order valence-electron chi connectivity index (χ0n) is 29.6. The summed E-state index contributed by atoms with van der Waals surface area (Å²) in [5.41, 5.74) is 14.2. The van der Waals surface area contributed by atoms with Gasteiger partial charge in [0.1, 0.15) is 11.2 Å². The van der Waals surface area contributed by atoms with Gasteiger partial charge >= 0.3 is 0 Å². The van der Waals surface area contributed by atoms with Gasteiger partial charge in [0.15, 0.2) is 0 Å². The molecule has 0 bridgehead atoms. The van der Waals surface area contributed by atoms with E-state index in [4.69, 9.17) is 4.42 Å². The fourth-order valence-electron chi connectivity index (χ4n) is 7.83. The molecule has 2 nitrogen and oxygen atoms in total. The van der Waals surface area contributed by atoms with E-state index < -0.39 is 0 Å². The first-order valence-corrected chi connectivity index (χ1v) is 18.4. The molecule has 10 rings (SSSR count). The van der Waals surface area contributed by atoms with Crippen LogP contribution in [0.25, 0.3) is 77.2 Å². The van der Waals surface area contributed by atoms with Crippen molar-refractivity contribution in [2.45, 2.75) is 0 Å². The van der Waals surface area contributed by atoms with Gasteiger partial charge in [-0.25, -0.2) is 0 Å². The molecule has 0 aliphatic rings. The van der Waals surface area contributed by atoms with E-state index in [-0.39, 0.29) is 0 Å². The molecule has 0 fully saturated rings. The molecule has 0 spiro atoms. The largest absolute Gasteiger partial charge is 0.455 e. The molecular weight excluding hydrogens is 655 g/mol. The van der Waals surface area contributed by atoms with Crippen molar-refractivity contribution in [1.29, 1.82) is 0 Å². The summed E-state index contributed by atoms with van der Waals surface area (Å²) in [6, 6.07) is 75.8. The van der Waals surface area contributed by atoms with Crippen LogP contribution in [0.2, 0.25) is 0 Å². The fraction of sp³-hybridized carbons (Fsp3) is 0. The molecule has 1 heterocycles. The van der Waals surface area contributed by atoms with E-state index in [1.165, 1.54) is 33.0 Å². The predicted octanol–water partition coefficient (Wildman–Crippen LogP) is 14.9. The second kappa shape index (κ2) is 13.4. The van der Waals surface area contributed by atoms with E-state index >= 15 is 0 Å². The maximum atomic E-state index is 6.83. The first-order valence-electron chi connectivity index (χ1n) is 18.4. The van der Waals surface area contributed by atoms with E-state index in [9.17, 15) is 0 Å². The molecule has 0 saturated carbocycles. The number of rotatable bonds is 7. The van der Waals surface area contributed by atoms with Gasteiger partial charge in [0.05, 0.1) is 16.8 Å². The van der Waals surface area contributed by atoms with Crippen molar-refractivity contribution in [3.63, 3.8) is 0 Å². The highest BCUT2D eigenvalue weighted by Crippen LogP contribution is 2.48. The standard InChI is InChI=1S/C52H35NO/c1-3-14-36(15-4-1)41-20-13-21-42(34-41)38-28-30-44(31-29-38)53(48-24-11-9-22-45(48)39-17-5-2-6-18-39)49-33-32-46(43-27-26-37-16-7-8-19-40(37)35-43)52-51(49)47-23-10-12-25-50(47)54-52/h1-35H. The van der Waals surface area contributed by atoms with Crippen molar-refractivity contribution in [3.05, 3.63) is 212 Å². The smallest absolute Gasteiger partial charge is 0.145 e. The Hall–Kier alpha value is -7.16. The van der Waals surface area contributed by atoms with E-state index in [1.807, 2.05) is 6.07 Å². The third-order valence-corrected chi connectivity index (χ3v) is 10.5. The van der Waals surface area contributed by atoms with Crippen LogP contribution < -0.4 is 4.90 Å². The Labute approximate surface area is 314 Å². The molecule has 0 aliphatic carbocycles. The monoisotopic (exact) mass is 689 g/mol. The Bertz CT molecular complexity index is 2920. The molecule has 0 N–H and O–H groups in total. The maximum absolute atomic E-state index is 6.83. The first-order chi connectivity index (χ1) is 26.8. The van der Waals surface area contributed by atoms with Crippen LogP contribution in [-0.4, -0.2) is 0 Å². The fourth-order valence-corrected chi connectivity index (χ4v) is 7.83. The van der Waals surface area contributed by atoms with Crippen LogP contribution in [0.3, 0.4) is 0 Å². The molecule has 9 aromatic carbocycles. The average molecular weight is 690 g/mol. The van der Waals surface area contributed by atoms with Gasteiger partial charge in [-0.3, -0.25) is 0 Å². The van der Waals surface area contributed by atoms with Gasteiger partial charge in [0.25, 0.3) is 0 Å². The number of furan rings is 1. The van der Waals surface area contributed by atoms with Crippen LogP contribution in [0.4, 0.5) is 17.1 Å². The molecule has 0 saturated heterocycles. The minimum absolute atomic E-state index is 0.868. The van der Waals surface area contributed by atoms with Crippen molar-refractivity contribution in [1.82, 2.24) is 0 Å². The van der Waals surface area contributed by atoms with Gasteiger partial charge in [-0.05, 0) is 92.7 Å².